The molecule has 1 aromatic heterocycles. The lowest BCUT2D eigenvalue weighted by Crippen LogP contribution is -2.33. The van der Waals surface area contributed by atoms with Gasteiger partial charge < -0.3 is 14.7 Å². The lowest BCUT2D eigenvalue weighted by molar-refractivity contribution is 0.183. The van der Waals surface area contributed by atoms with Crippen molar-refractivity contribution in [3.8, 4) is 0 Å². The van der Waals surface area contributed by atoms with Gasteiger partial charge in [-0.1, -0.05) is 0 Å². The SMILES string of the molecule is COCC(C)N(C)c1cc(C(C)O)ccn1. The highest BCUT2D eigenvalue weighted by molar-refractivity contribution is 5.41. The molecule has 0 aliphatic heterocycles. The molecule has 4 nitrogen and oxygen atoms in total. The van der Waals surface area contributed by atoms with E-state index in [9.17, 15) is 5.11 Å². The van der Waals surface area contributed by atoms with Crippen molar-refractivity contribution in [3.63, 3.8) is 0 Å². The van der Waals surface area contributed by atoms with Gasteiger partial charge in [0.15, 0.2) is 0 Å². The van der Waals surface area contributed by atoms with E-state index in [2.05, 4.69) is 11.9 Å². The Bertz CT molecular complexity index is 329. The Hall–Kier alpha value is -1.13. The molecule has 0 amide bonds. The molecule has 4 heteroatoms. The van der Waals surface area contributed by atoms with Crippen LogP contribution in [0.5, 0.6) is 0 Å². The average Bonchev–Trinajstić information content (AvgIpc) is 2.28. The van der Waals surface area contributed by atoms with Crippen molar-refractivity contribution in [2.75, 3.05) is 25.7 Å². The van der Waals surface area contributed by atoms with E-state index in [0.29, 0.717) is 6.61 Å². The Morgan fingerprint density at radius 3 is 2.75 bits per heavy atom. The van der Waals surface area contributed by atoms with Gasteiger partial charge in [0.25, 0.3) is 0 Å². The number of pyridine rings is 1. The highest BCUT2D eigenvalue weighted by atomic mass is 16.5. The zero-order chi connectivity index (χ0) is 12.1. The Labute approximate surface area is 96.9 Å². The van der Waals surface area contributed by atoms with Crippen LogP contribution in [0.25, 0.3) is 0 Å². The van der Waals surface area contributed by atoms with E-state index in [0.717, 1.165) is 11.4 Å². The number of anilines is 1. The molecule has 0 fully saturated rings. The maximum atomic E-state index is 9.50. The number of nitrogens with zero attached hydrogens (tertiary/aromatic N) is 2. The predicted octanol–water partition coefficient (Wildman–Crippen LogP) is 1.61. The van der Waals surface area contributed by atoms with Crippen LogP contribution in [0.2, 0.25) is 0 Å². The van der Waals surface area contributed by atoms with Gasteiger partial charge in [-0.25, -0.2) is 4.98 Å². The van der Waals surface area contributed by atoms with Crippen LogP contribution in [-0.4, -0.2) is 36.9 Å². The maximum absolute atomic E-state index is 9.50. The van der Waals surface area contributed by atoms with Crippen LogP contribution in [0.3, 0.4) is 0 Å². The highest BCUT2D eigenvalue weighted by Gasteiger charge is 2.12. The molecule has 16 heavy (non-hydrogen) atoms. The van der Waals surface area contributed by atoms with Crippen LogP contribution in [-0.2, 0) is 4.74 Å². The Morgan fingerprint density at radius 1 is 1.50 bits per heavy atom. The number of likely N-dealkylation sites (N-methyl/N-ethyl adjacent to an activating group) is 1. The maximum Gasteiger partial charge on any atom is 0.128 e. The van der Waals surface area contributed by atoms with Crippen LogP contribution in [0.15, 0.2) is 18.3 Å². The largest absolute Gasteiger partial charge is 0.389 e. The van der Waals surface area contributed by atoms with Crippen LogP contribution < -0.4 is 4.90 Å². The number of hydrogen-bond donors (Lipinski definition) is 1. The van der Waals surface area contributed by atoms with Crippen molar-refractivity contribution < 1.29 is 9.84 Å². The quantitative estimate of drug-likeness (QED) is 0.825. The van der Waals surface area contributed by atoms with Gasteiger partial charge in [0, 0.05) is 20.4 Å². The molecule has 0 aliphatic carbocycles. The van der Waals surface area contributed by atoms with Crippen LogP contribution >= 0.6 is 0 Å². The summed E-state index contributed by atoms with van der Waals surface area (Å²) in [6, 6.07) is 3.97. The van der Waals surface area contributed by atoms with Crippen LogP contribution in [0.1, 0.15) is 25.5 Å². The second-order valence-corrected chi connectivity index (χ2v) is 4.04. The molecule has 0 aliphatic rings. The first kappa shape index (κ1) is 12.9. The summed E-state index contributed by atoms with van der Waals surface area (Å²) in [5, 5.41) is 9.50. The van der Waals surface area contributed by atoms with E-state index in [1.165, 1.54) is 0 Å². The van der Waals surface area contributed by atoms with E-state index in [-0.39, 0.29) is 6.04 Å². The third-order valence-corrected chi connectivity index (χ3v) is 2.68. The summed E-state index contributed by atoms with van der Waals surface area (Å²) < 4.78 is 5.11. The second-order valence-electron chi connectivity index (χ2n) is 4.04. The van der Waals surface area contributed by atoms with E-state index < -0.39 is 6.10 Å². The van der Waals surface area contributed by atoms with Gasteiger partial charge in [-0.3, -0.25) is 0 Å². The lowest BCUT2D eigenvalue weighted by atomic mass is 10.1. The highest BCUT2D eigenvalue weighted by Crippen LogP contribution is 2.18. The summed E-state index contributed by atoms with van der Waals surface area (Å²) >= 11 is 0. The van der Waals surface area contributed by atoms with Crippen molar-refractivity contribution >= 4 is 5.82 Å². The summed E-state index contributed by atoms with van der Waals surface area (Å²) in [7, 11) is 3.65. The van der Waals surface area contributed by atoms with Crippen molar-refractivity contribution in [2.45, 2.75) is 26.0 Å². The van der Waals surface area contributed by atoms with E-state index >= 15 is 0 Å². The molecule has 0 spiro atoms. The zero-order valence-electron chi connectivity index (χ0n) is 10.3. The van der Waals surface area contributed by atoms with Crippen LogP contribution in [0.4, 0.5) is 5.82 Å². The van der Waals surface area contributed by atoms with Crippen molar-refractivity contribution in [1.29, 1.82) is 0 Å². The number of rotatable bonds is 5. The van der Waals surface area contributed by atoms with Crippen molar-refractivity contribution in [1.82, 2.24) is 4.98 Å². The summed E-state index contributed by atoms with van der Waals surface area (Å²) in [5.74, 6) is 0.850. The third-order valence-electron chi connectivity index (χ3n) is 2.68. The molecule has 1 N–H and O–H groups in total. The number of aliphatic hydroxyl groups is 1. The van der Waals surface area contributed by atoms with E-state index in [4.69, 9.17) is 4.74 Å². The lowest BCUT2D eigenvalue weighted by Gasteiger charge is -2.25. The fraction of sp³-hybridized carbons (Fsp3) is 0.583. The minimum atomic E-state index is -0.465. The number of aromatic nitrogens is 1. The minimum absolute atomic E-state index is 0.252. The van der Waals surface area contributed by atoms with Crippen LogP contribution in [0, 0.1) is 0 Å². The number of methoxy groups -OCH3 is 1. The molecule has 1 rings (SSSR count). The molecule has 0 bridgehead atoms. The van der Waals surface area contributed by atoms with Gasteiger partial charge >= 0.3 is 0 Å². The summed E-state index contributed by atoms with van der Waals surface area (Å²) in [6.07, 6.45) is 1.25. The Morgan fingerprint density at radius 2 is 2.19 bits per heavy atom. The fourth-order valence-electron chi connectivity index (χ4n) is 1.47. The topological polar surface area (TPSA) is 45.6 Å². The third kappa shape index (κ3) is 3.18. The molecule has 2 atom stereocenters. The van der Waals surface area contributed by atoms with Gasteiger partial charge in [0.1, 0.15) is 5.82 Å². The molecular weight excluding hydrogens is 204 g/mol. The molecule has 90 valence electrons. The van der Waals surface area contributed by atoms with E-state index in [1.807, 2.05) is 24.1 Å². The average molecular weight is 224 g/mol. The monoisotopic (exact) mass is 224 g/mol. The second kappa shape index (κ2) is 5.82. The fourth-order valence-corrected chi connectivity index (χ4v) is 1.47. The summed E-state index contributed by atoms with van der Waals surface area (Å²) in [4.78, 5) is 6.32. The first-order valence-electron chi connectivity index (χ1n) is 5.42. The van der Waals surface area contributed by atoms with Crippen molar-refractivity contribution in [2.24, 2.45) is 0 Å². The number of aliphatic hydroxyl groups excluding tert-OH is 1. The number of hydrogen-bond acceptors (Lipinski definition) is 4. The normalized spacial score (nSPS) is 14.6. The molecule has 0 aromatic carbocycles. The Balaban J connectivity index is 2.82. The van der Waals surface area contributed by atoms with Crippen molar-refractivity contribution in [3.05, 3.63) is 23.9 Å². The molecular formula is C12H20N2O2. The molecule has 1 aromatic rings. The summed E-state index contributed by atoms with van der Waals surface area (Å²) in [6.45, 7) is 4.47. The minimum Gasteiger partial charge on any atom is -0.389 e. The van der Waals surface area contributed by atoms with Gasteiger partial charge in [-0.05, 0) is 31.5 Å². The Kier molecular flexibility index (Phi) is 4.71. The standard InChI is InChI=1S/C12H20N2O2/c1-9(8-16-4)14(3)12-7-11(10(2)15)5-6-13-12/h5-7,9-10,15H,8H2,1-4H3. The molecule has 1 heterocycles. The molecule has 2 unspecified atom stereocenters. The first-order valence-corrected chi connectivity index (χ1v) is 5.42. The van der Waals surface area contributed by atoms with Gasteiger partial charge in [-0.2, -0.15) is 0 Å². The smallest absolute Gasteiger partial charge is 0.128 e. The van der Waals surface area contributed by atoms with Gasteiger partial charge in [0.05, 0.1) is 18.8 Å². The molecule has 0 saturated carbocycles. The van der Waals surface area contributed by atoms with Gasteiger partial charge in [0.2, 0.25) is 0 Å². The molecule has 0 radical (unpaired) electrons. The van der Waals surface area contributed by atoms with E-state index in [1.54, 1.807) is 20.2 Å². The first-order chi connectivity index (χ1) is 7.56. The zero-order valence-corrected chi connectivity index (χ0v) is 10.3. The predicted molar refractivity (Wildman–Crippen MR) is 64.6 cm³/mol. The summed E-state index contributed by atoms with van der Waals surface area (Å²) in [5.41, 5.74) is 0.876. The van der Waals surface area contributed by atoms with Gasteiger partial charge in [-0.15, -0.1) is 0 Å². The number of ether oxygens (including phenoxy) is 1. The molecule has 0 saturated heterocycles.